The molecule has 2 aromatic heterocycles. The van der Waals surface area contributed by atoms with Gasteiger partial charge >= 0.3 is 0 Å². The first kappa shape index (κ1) is 14.8. The number of rotatable bonds is 5. The zero-order chi connectivity index (χ0) is 15.4. The highest BCUT2D eigenvalue weighted by Crippen LogP contribution is 2.28. The number of pyridine rings is 1. The Morgan fingerprint density at radius 2 is 2.33 bits per heavy atom. The molecule has 0 bridgehead atoms. The van der Waals surface area contributed by atoms with Gasteiger partial charge < -0.3 is 10.5 Å². The lowest BCUT2D eigenvalue weighted by molar-refractivity contribution is 0.326. The van der Waals surface area contributed by atoms with Crippen molar-refractivity contribution < 1.29 is 8.95 Å². The minimum atomic E-state index is -1.22. The van der Waals surface area contributed by atoms with Crippen molar-refractivity contribution in [1.82, 2.24) is 15.2 Å². The normalized spacial score (nSPS) is 11.7. The summed E-state index contributed by atoms with van der Waals surface area (Å²) in [5.74, 6) is 0.603. The van der Waals surface area contributed by atoms with Gasteiger partial charge in [0.2, 0.25) is 5.88 Å². The molecule has 2 rings (SSSR count). The largest absolute Gasteiger partial charge is 0.477 e. The first-order valence-corrected chi connectivity index (χ1v) is 7.60. The van der Waals surface area contributed by atoms with Crippen molar-refractivity contribution in [2.45, 2.75) is 6.92 Å². The van der Waals surface area contributed by atoms with Crippen LogP contribution in [0.5, 0.6) is 5.88 Å². The molecule has 0 radical (unpaired) electrons. The number of nitrogens with two attached hydrogens (primary N) is 1. The van der Waals surface area contributed by atoms with E-state index in [9.17, 15) is 4.21 Å². The summed E-state index contributed by atoms with van der Waals surface area (Å²) >= 11 is 0. The molecular formula is C12H14N6O2S. The molecule has 9 heteroatoms. The van der Waals surface area contributed by atoms with Crippen LogP contribution in [0.1, 0.15) is 12.5 Å². The van der Waals surface area contributed by atoms with Gasteiger partial charge in [0.25, 0.3) is 0 Å². The molecule has 4 N–H and O–H groups in total. The van der Waals surface area contributed by atoms with E-state index in [4.69, 9.17) is 15.7 Å². The van der Waals surface area contributed by atoms with Crippen molar-refractivity contribution in [2.24, 2.45) is 0 Å². The number of hydrogen-bond acceptors (Lipinski definition) is 6. The molecule has 1 atom stereocenters. The summed E-state index contributed by atoms with van der Waals surface area (Å²) in [6.45, 7) is 2.16. The van der Waals surface area contributed by atoms with E-state index in [0.29, 0.717) is 23.8 Å². The lowest BCUT2D eigenvalue weighted by Gasteiger charge is -2.08. The second kappa shape index (κ2) is 6.23. The Balaban J connectivity index is 2.42. The highest BCUT2D eigenvalue weighted by Gasteiger charge is 2.14. The zero-order valence-corrected chi connectivity index (χ0v) is 12.3. The summed E-state index contributed by atoms with van der Waals surface area (Å²) in [5, 5.41) is 15.8. The van der Waals surface area contributed by atoms with Gasteiger partial charge in [-0.1, -0.05) is 0 Å². The lowest BCUT2D eigenvalue weighted by atomic mass is 10.2. The Kier molecular flexibility index (Phi) is 4.39. The maximum Gasteiger partial charge on any atom is 0.234 e. The summed E-state index contributed by atoms with van der Waals surface area (Å²) in [4.78, 5) is 4.26. The number of anilines is 2. The van der Waals surface area contributed by atoms with Gasteiger partial charge in [-0.25, -0.2) is 9.19 Å². The number of hydrogen-bond donors (Lipinski definition) is 3. The van der Waals surface area contributed by atoms with Gasteiger partial charge in [0.05, 0.1) is 23.7 Å². The van der Waals surface area contributed by atoms with Gasteiger partial charge in [-0.05, 0) is 13.0 Å². The first-order chi connectivity index (χ1) is 10.0. The third kappa shape index (κ3) is 3.29. The van der Waals surface area contributed by atoms with Crippen molar-refractivity contribution >= 4 is 22.5 Å². The second-order valence-corrected chi connectivity index (χ2v) is 5.16. The molecule has 0 amide bonds. The molecule has 0 aliphatic heterocycles. The summed E-state index contributed by atoms with van der Waals surface area (Å²) in [6.07, 6.45) is 1.50. The van der Waals surface area contributed by atoms with Crippen molar-refractivity contribution in [1.29, 1.82) is 5.26 Å². The number of H-pyrrole nitrogens is 1. The van der Waals surface area contributed by atoms with E-state index >= 15 is 0 Å². The van der Waals surface area contributed by atoms with Crippen LogP contribution >= 0.6 is 0 Å². The number of nitrogen functional groups attached to an aromatic ring is 1. The fraction of sp³-hybridized carbons (Fsp3) is 0.250. The van der Waals surface area contributed by atoms with Crippen molar-refractivity contribution in [3.05, 3.63) is 17.7 Å². The summed E-state index contributed by atoms with van der Waals surface area (Å²) in [6, 6.07) is 5.17. The quantitative estimate of drug-likeness (QED) is 0.756. The fourth-order valence-corrected chi connectivity index (χ4v) is 2.08. The molecule has 1 unspecified atom stereocenters. The Morgan fingerprint density at radius 1 is 1.57 bits per heavy atom. The van der Waals surface area contributed by atoms with Gasteiger partial charge in [0.15, 0.2) is 5.82 Å². The van der Waals surface area contributed by atoms with E-state index in [2.05, 4.69) is 19.9 Å². The molecule has 0 aliphatic rings. The molecule has 21 heavy (non-hydrogen) atoms. The average molecular weight is 306 g/mol. The van der Waals surface area contributed by atoms with Crippen LogP contribution < -0.4 is 15.2 Å². The molecular weight excluding hydrogens is 292 g/mol. The van der Waals surface area contributed by atoms with Crippen LogP contribution in [0.25, 0.3) is 11.4 Å². The lowest BCUT2D eigenvalue weighted by Crippen LogP contribution is -2.02. The number of aromatic nitrogens is 3. The van der Waals surface area contributed by atoms with Crippen LogP contribution in [0.2, 0.25) is 0 Å². The molecule has 2 heterocycles. The smallest absolute Gasteiger partial charge is 0.234 e. The third-order valence-corrected chi connectivity index (χ3v) is 3.01. The number of nitrogens with zero attached hydrogens (tertiary/aromatic N) is 3. The van der Waals surface area contributed by atoms with Crippen molar-refractivity contribution in [2.75, 3.05) is 23.3 Å². The van der Waals surface area contributed by atoms with Crippen LogP contribution in [0, 0.1) is 11.3 Å². The molecule has 0 fully saturated rings. The van der Waals surface area contributed by atoms with Crippen molar-refractivity contribution in [3.8, 4) is 23.3 Å². The van der Waals surface area contributed by atoms with E-state index in [1.165, 1.54) is 6.26 Å². The minimum Gasteiger partial charge on any atom is -0.477 e. The van der Waals surface area contributed by atoms with Gasteiger partial charge in [-0.2, -0.15) is 10.4 Å². The van der Waals surface area contributed by atoms with E-state index < -0.39 is 11.0 Å². The molecule has 8 nitrogen and oxygen atoms in total. The average Bonchev–Trinajstić information content (AvgIpc) is 2.86. The fourth-order valence-electron chi connectivity index (χ4n) is 1.68. The predicted octanol–water partition coefficient (Wildman–Crippen LogP) is 1.03. The van der Waals surface area contributed by atoms with Gasteiger partial charge in [-0.15, -0.1) is 0 Å². The standard InChI is InChI=1S/C12H14N6O2S/c1-3-20-12-7(6-13)8(14)4-9(15-12)10-5-11(17-16-10)18-21(2)19/h4-5H,3H2,1-2H3,(H2,14,15)(H2,16,17,18). The zero-order valence-electron chi connectivity index (χ0n) is 11.5. The Labute approximate surface area is 123 Å². The highest BCUT2D eigenvalue weighted by molar-refractivity contribution is 7.85. The Hall–Kier alpha value is -2.60. The first-order valence-electron chi connectivity index (χ1n) is 6.04. The van der Waals surface area contributed by atoms with Crippen molar-refractivity contribution in [3.63, 3.8) is 0 Å². The van der Waals surface area contributed by atoms with Crippen LogP contribution in [0.15, 0.2) is 12.1 Å². The summed E-state index contributed by atoms with van der Waals surface area (Å²) < 4.78 is 19.1. The van der Waals surface area contributed by atoms with Gasteiger partial charge in [-0.3, -0.25) is 9.82 Å². The summed E-state index contributed by atoms with van der Waals surface area (Å²) in [7, 11) is -1.22. The maximum atomic E-state index is 11.1. The molecule has 0 aliphatic carbocycles. The number of ether oxygens (including phenoxy) is 1. The van der Waals surface area contributed by atoms with E-state index in [1.54, 1.807) is 19.1 Å². The maximum absolute atomic E-state index is 11.1. The Morgan fingerprint density at radius 3 is 2.95 bits per heavy atom. The van der Waals surface area contributed by atoms with E-state index in [1.807, 2.05) is 6.07 Å². The van der Waals surface area contributed by atoms with Crippen LogP contribution in [-0.2, 0) is 11.0 Å². The molecule has 0 saturated heterocycles. The number of nitrogens with one attached hydrogen (secondary N) is 2. The number of aromatic amines is 1. The molecule has 2 aromatic rings. The van der Waals surface area contributed by atoms with E-state index in [-0.39, 0.29) is 17.1 Å². The number of nitriles is 1. The van der Waals surface area contributed by atoms with Crippen LogP contribution in [0.4, 0.5) is 11.5 Å². The van der Waals surface area contributed by atoms with Crippen LogP contribution in [0.3, 0.4) is 0 Å². The second-order valence-electron chi connectivity index (χ2n) is 4.04. The van der Waals surface area contributed by atoms with Crippen LogP contribution in [-0.4, -0.2) is 32.3 Å². The summed E-state index contributed by atoms with van der Waals surface area (Å²) in [5.41, 5.74) is 7.37. The topological polar surface area (TPSA) is 130 Å². The Bertz CT molecular complexity index is 721. The molecule has 0 aromatic carbocycles. The monoisotopic (exact) mass is 306 g/mol. The van der Waals surface area contributed by atoms with Gasteiger partial charge in [0.1, 0.15) is 22.6 Å². The molecule has 0 spiro atoms. The molecule has 0 saturated carbocycles. The molecule has 110 valence electrons. The van der Waals surface area contributed by atoms with Gasteiger partial charge in [0, 0.05) is 12.3 Å². The highest BCUT2D eigenvalue weighted by atomic mass is 32.2. The third-order valence-electron chi connectivity index (χ3n) is 2.51. The minimum absolute atomic E-state index is 0.179. The SMILES string of the molecule is CCOc1nc(-c2cc(NS(C)=O)n[nH]2)cc(N)c1C#N. The predicted molar refractivity (Wildman–Crippen MR) is 79.8 cm³/mol. The van der Waals surface area contributed by atoms with E-state index in [0.717, 1.165) is 0 Å².